The maximum absolute atomic E-state index is 4.51. The van der Waals surface area contributed by atoms with Crippen molar-refractivity contribution in [1.82, 2.24) is 19.5 Å². The van der Waals surface area contributed by atoms with Crippen LogP contribution in [0.2, 0.25) is 0 Å². The van der Waals surface area contributed by atoms with Crippen molar-refractivity contribution in [2.45, 2.75) is 0 Å². The van der Waals surface area contributed by atoms with E-state index >= 15 is 0 Å². The Balaban J connectivity index is 1.99. The quantitative estimate of drug-likeness (QED) is 0.518. The third kappa shape index (κ3) is 1.57. The number of aromatic nitrogens is 4. The van der Waals surface area contributed by atoms with Gasteiger partial charge in [-0.15, -0.1) is 0 Å². The number of nitrogens with zero attached hydrogens (tertiary/aromatic N) is 4. The monoisotopic (exact) mass is 246 g/mol. The Morgan fingerprint density at radius 2 is 1.63 bits per heavy atom. The molecule has 0 N–H and O–H groups in total. The third-order valence-electron chi connectivity index (χ3n) is 3.25. The molecule has 0 spiro atoms. The van der Waals surface area contributed by atoms with Gasteiger partial charge in [-0.3, -0.25) is 14.5 Å². The lowest BCUT2D eigenvalue weighted by molar-refractivity contribution is 1.05. The molecule has 0 bridgehead atoms. The van der Waals surface area contributed by atoms with Crippen LogP contribution < -0.4 is 0 Å². The van der Waals surface area contributed by atoms with Crippen molar-refractivity contribution < 1.29 is 0 Å². The molecule has 0 saturated carbocycles. The molecular weight excluding hydrogens is 236 g/mol. The molecule has 0 amide bonds. The number of pyridine rings is 3. The molecular formula is C15H10N4. The van der Waals surface area contributed by atoms with Crippen LogP contribution in [0.3, 0.4) is 0 Å². The van der Waals surface area contributed by atoms with E-state index in [1.165, 1.54) is 0 Å². The summed E-state index contributed by atoms with van der Waals surface area (Å²) in [5.41, 5.74) is 1.05. The molecule has 4 heterocycles. The van der Waals surface area contributed by atoms with Crippen molar-refractivity contribution in [1.29, 1.82) is 0 Å². The second-order valence-corrected chi connectivity index (χ2v) is 4.39. The molecule has 19 heavy (non-hydrogen) atoms. The van der Waals surface area contributed by atoms with Crippen LogP contribution in [0.15, 0.2) is 61.4 Å². The van der Waals surface area contributed by atoms with Gasteiger partial charge in [0.2, 0.25) is 0 Å². The molecule has 0 aliphatic carbocycles. The maximum atomic E-state index is 4.51. The first-order chi connectivity index (χ1) is 9.42. The minimum atomic E-state index is 0.878. The summed E-state index contributed by atoms with van der Waals surface area (Å²) >= 11 is 0. The predicted molar refractivity (Wildman–Crippen MR) is 74.2 cm³/mol. The zero-order chi connectivity index (χ0) is 12.7. The molecule has 4 nitrogen and oxygen atoms in total. The van der Waals surface area contributed by atoms with Gasteiger partial charge in [-0.05, 0) is 24.3 Å². The summed E-state index contributed by atoms with van der Waals surface area (Å²) in [5.74, 6) is 0.878. The summed E-state index contributed by atoms with van der Waals surface area (Å²) in [4.78, 5) is 12.8. The standard InChI is InChI=1S/C15H10N4/c1-4-17-10-14-11(1)3-6-19(14)15-7-13-8-16-5-2-12(13)9-18-15/h1-10H. The zero-order valence-corrected chi connectivity index (χ0v) is 10.1. The van der Waals surface area contributed by atoms with Gasteiger partial charge in [0.15, 0.2) is 0 Å². The average Bonchev–Trinajstić information content (AvgIpc) is 2.91. The van der Waals surface area contributed by atoms with Crippen LogP contribution in [-0.4, -0.2) is 19.5 Å². The Bertz CT molecular complexity index is 879. The minimum absolute atomic E-state index is 0.878. The lowest BCUT2D eigenvalue weighted by atomic mass is 10.2. The number of hydrogen-bond acceptors (Lipinski definition) is 3. The lowest BCUT2D eigenvalue weighted by Gasteiger charge is -2.05. The summed E-state index contributed by atoms with van der Waals surface area (Å²) in [6.07, 6.45) is 11.2. The number of fused-ring (bicyclic) bond motifs is 2. The predicted octanol–water partition coefficient (Wildman–Crippen LogP) is 2.97. The second-order valence-electron chi connectivity index (χ2n) is 4.39. The van der Waals surface area contributed by atoms with Gasteiger partial charge in [0.25, 0.3) is 0 Å². The highest BCUT2D eigenvalue weighted by atomic mass is 15.1. The Morgan fingerprint density at radius 3 is 2.58 bits per heavy atom. The molecule has 0 aliphatic rings. The van der Waals surface area contributed by atoms with E-state index in [-0.39, 0.29) is 0 Å². The molecule has 90 valence electrons. The van der Waals surface area contributed by atoms with Crippen LogP contribution in [0.25, 0.3) is 27.5 Å². The van der Waals surface area contributed by atoms with Crippen molar-refractivity contribution in [2.75, 3.05) is 0 Å². The average molecular weight is 246 g/mol. The molecule has 0 unspecified atom stereocenters. The van der Waals surface area contributed by atoms with E-state index in [0.717, 1.165) is 27.5 Å². The van der Waals surface area contributed by atoms with E-state index < -0.39 is 0 Å². The van der Waals surface area contributed by atoms with E-state index in [2.05, 4.69) is 21.0 Å². The first-order valence-electron chi connectivity index (χ1n) is 6.03. The normalized spacial score (nSPS) is 11.2. The van der Waals surface area contributed by atoms with Gasteiger partial charge in [0.1, 0.15) is 5.82 Å². The molecule has 0 aromatic carbocycles. The number of hydrogen-bond donors (Lipinski definition) is 0. The fraction of sp³-hybridized carbons (Fsp3) is 0. The van der Waals surface area contributed by atoms with Gasteiger partial charge >= 0.3 is 0 Å². The van der Waals surface area contributed by atoms with Gasteiger partial charge in [0, 0.05) is 47.1 Å². The first kappa shape index (κ1) is 10.2. The summed E-state index contributed by atoms with van der Waals surface area (Å²) in [7, 11) is 0. The van der Waals surface area contributed by atoms with Crippen molar-refractivity contribution in [2.24, 2.45) is 0 Å². The van der Waals surface area contributed by atoms with Crippen LogP contribution in [0.4, 0.5) is 0 Å². The maximum Gasteiger partial charge on any atom is 0.137 e. The van der Waals surface area contributed by atoms with E-state index in [4.69, 9.17) is 0 Å². The fourth-order valence-electron chi connectivity index (χ4n) is 2.27. The second kappa shape index (κ2) is 3.88. The van der Waals surface area contributed by atoms with Crippen molar-refractivity contribution in [3.8, 4) is 5.82 Å². The zero-order valence-electron chi connectivity index (χ0n) is 10.1. The Morgan fingerprint density at radius 1 is 0.789 bits per heavy atom. The largest absolute Gasteiger partial charge is 0.300 e. The molecule has 0 saturated heterocycles. The SMILES string of the molecule is c1cc2cnc(-n3ccc4ccncc43)cc2cn1. The molecule has 0 aliphatic heterocycles. The van der Waals surface area contributed by atoms with E-state index in [0.29, 0.717) is 0 Å². The van der Waals surface area contributed by atoms with Crippen LogP contribution >= 0.6 is 0 Å². The van der Waals surface area contributed by atoms with Gasteiger partial charge in [-0.25, -0.2) is 4.98 Å². The van der Waals surface area contributed by atoms with Crippen molar-refractivity contribution >= 4 is 21.7 Å². The van der Waals surface area contributed by atoms with Gasteiger partial charge in [0.05, 0.1) is 11.7 Å². The van der Waals surface area contributed by atoms with Crippen LogP contribution in [0.1, 0.15) is 0 Å². The van der Waals surface area contributed by atoms with Gasteiger partial charge in [-0.2, -0.15) is 0 Å². The molecule has 0 radical (unpaired) electrons. The molecule has 0 atom stereocenters. The van der Waals surface area contributed by atoms with Gasteiger partial charge < -0.3 is 0 Å². The minimum Gasteiger partial charge on any atom is -0.300 e. The molecule has 4 aromatic heterocycles. The Hall–Kier alpha value is -2.75. The summed E-state index contributed by atoms with van der Waals surface area (Å²) < 4.78 is 2.04. The smallest absolute Gasteiger partial charge is 0.137 e. The molecule has 4 rings (SSSR count). The summed E-state index contributed by atoms with van der Waals surface area (Å²) in [6.45, 7) is 0. The Kier molecular flexibility index (Phi) is 2.08. The van der Waals surface area contributed by atoms with Crippen molar-refractivity contribution in [3.63, 3.8) is 0 Å². The van der Waals surface area contributed by atoms with Crippen molar-refractivity contribution in [3.05, 3.63) is 61.4 Å². The van der Waals surface area contributed by atoms with Crippen LogP contribution in [0, 0.1) is 0 Å². The van der Waals surface area contributed by atoms with Gasteiger partial charge in [-0.1, -0.05) is 0 Å². The topological polar surface area (TPSA) is 43.6 Å². The summed E-state index contributed by atoms with van der Waals surface area (Å²) in [5, 5.41) is 3.33. The first-order valence-corrected chi connectivity index (χ1v) is 6.03. The molecule has 0 fully saturated rings. The van der Waals surface area contributed by atoms with E-state index in [1.807, 2.05) is 47.6 Å². The number of rotatable bonds is 1. The highest BCUT2D eigenvalue weighted by Crippen LogP contribution is 2.20. The van der Waals surface area contributed by atoms with E-state index in [1.54, 1.807) is 12.4 Å². The lowest BCUT2D eigenvalue weighted by Crippen LogP contribution is -1.95. The van der Waals surface area contributed by atoms with Crippen LogP contribution in [0.5, 0.6) is 0 Å². The highest BCUT2D eigenvalue weighted by Gasteiger charge is 2.04. The highest BCUT2D eigenvalue weighted by molar-refractivity contribution is 5.84. The third-order valence-corrected chi connectivity index (χ3v) is 3.25. The summed E-state index contributed by atoms with van der Waals surface area (Å²) in [6, 6.07) is 8.05. The Labute approximate surface area is 109 Å². The van der Waals surface area contributed by atoms with Crippen LogP contribution in [-0.2, 0) is 0 Å². The molecule has 4 heteroatoms. The fourth-order valence-corrected chi connectivity index (χ4v) is 2.27. The molecule has 4 aromatic rings. The van der Waals surface area contributed by atoms with E-state index in [9.17, 15) is 0 Å².